The SMILES string of the molecule is CN(CC(C)(C)CN)C(=O)c1nn(-c2ccc(Cl)cc2Cl)c2c1CCC2.Cl. The fourth-order valence-corrected chi connectivity index (χ4v) is 3.91. The highest BCUT2D eigenvalue weighted by Gasteiger charge is 2.30. The Morgan fingerprint density at radius 1 is 1.33 bits per heavy atom. The van der Waals surface area contributed by atoms with E-state index in [0.717, 1.165) is 36.2 Å². The van der Waals surface area contributed by atoms with Crippen LogP contribution in [0.25, 0.3) is 5.69 Å². The molecule has 5 nitrogen and oxygen atoms in total. The van der Waals surface area contributed by atoms with Crippen LogP contribution in [0.5, 0.6) is 0 Å². The van der Waals surface area contributed by atoms with Crippen molar-refractivity contribution in [2.45, 2.75) is 33.1 Å². The highest BCUT2D eigenvalue weighted by molar-refractivity contribution is 6.35. The van der Waals surface area contributed by atoms with Crippen LogP contribution in [0.3, 0.4) is 0 Å². The Kier molecular flexibility index (Phi) is 6.85. The summed E-state index contributed by atoms with van der Waals surface area (Å²) < 4.78 is 1.80. The molecule has 3 rings (SSSR count). The molecule has 0 aliphatic heterocycles. The summed E-state index contributed by atoms with van der Waals surface area (Å²) in [5.74, 6) is -0.0755. The van der Waals surface area contributed by atoms with Gasteiger partial charge in [-0.2, -0.15) is 5.10 Å². The fourth-order valence-electron chi connectivity index (χ4n) is 3.42. The third-order valence-electron chi connectivity index (χ3n) is 4.84. The van der Waals surface area contributed by atoms with Crippen LogP contribution in [0, 0.1) is 5.41 Å². The summed E-state index contributed by atoms with van der Waals surface area (Å²) in [7, 11) is 1.80. The van der Waals surface area contributed by atoms with E-state index in [-0.39, 0.29) is 23.7 Å². The first-order valence-electron chi connectivity index (χ1n) is 8.75. The van der Waals surface area contributed by atoms with E-state index in [1.54, 1.807) is 28.8 Å². The molecule has 1 aliphatic rings. The third-order valence-corrected chi connectivity index (χ3v) is 5.37. The molecule has 1 aliphatic carbocycles. The molecule has 0 bridgehead atoms. The first-order chi connectivity index (χ1) is 12.2. The number of nitrogens with zero attached hydrogens (tertiary/aromatic N) is 3. The maximum atomic E-state index is 13.0. The lowest BCUT2D eigenvalue weighted by molar-refractivity contribution is 0.0733. The van der Waals surface area contributed by atoms with Gasteiger partial charge in [0.2, 0.25) is 0 Å². The maximum absolute atomic E-state index is 13.0. The van der Waals surface area contributed by atoms with Crippen molar-refractivity contribution in [2.24, 2.45) is 11.1 Å². The van der Waals surface area contributed by atoms with Gasteiger partial charge in [0.1, 0.15) is 0 Å². The summed E-state index contributed by atoms with van der Waals surface area (Å²) in [6.07, 6.45) is 2.75. The third kappa shape index (κ3) is 4.43. The zero-order valence-electron chi connectivity index (χ0n) is 15.8. The van der Waals surface area contributed by atoms with E-state index in [9.17, 15) is 4.79 Å². The highest BCUT2D eigenvalue weighted by atomic mass is 35.5. The van der Waals surface area contributed by atoms with Crippen LogP contribution in [-0.2, 0) is 12.8 Å². The number of benzene rings is 1. The molecule has 0 unspecified atom stereocenters. The topological polar surface area (TPSA) is 64.2 Å². The highest BCUT2D eigenvalue weighted by Crippen LogP contribution is 2.32. The van der Waals surface area contributed by atoms with Crippen LogP contribution in [0.2, 0.25) is 10.0 Å². The van der Waals surface area contributed by atoms with E-state index in [1.165, 1.54) is 0 Å². The minimum absolute atomic E-state index is 0. The molecule has 2 N–H and O–H groups in total. The van der Waals surface area contributed by atoms with Gasteiger partial charge in [-0.05, 0) is 49.4 Å². The fraction of sp³-hybridized carbons (Fsp3) is 0.474. The van der Waals surface area contributed by atoms with E-state index in [4.69, 9.17) is 28.9 Å². The number of carbonyl (C=O) groups excluding carboxylic acids is 1. The first-order valence-corrected chi connectivity index (χ1v) is 9.51. The van der Waals surface area contributed by atoms with Crippen LogP contribution in [0.15, 0.2) is 18.2 Å². The summed E-state index contributed by atoms with van der Waals surface area (Å²) in [5, 5.41) is 5.73. The van der Waals surface area contributed by atoms with Crippen molar-refractivity contribution in [3.8, 4) is 5.69 Å². The molecule has 1 heterocycles. The zero-order chi connectivity index (χ0) is 19.1. The molecule has 27 heavy (non-hydrogen) atoms. The number of nitrogens with two attached hydrogens (primary N) is 1. The maximum Gasteiger partial charge on any atom is 0.274 e. The minimum atomic E-state index is -0.143. The van der Waals surface area contributed by atoms with E-state index in [1.807, 2.05) is 19.9 Å². The molecule has 8 heteroatoms. The van der Waals surface area contributed by atoms with E-state index in [0.29, 0.717) is 28.8 Å². The molecule has 0 atom stereocenters. The molecular formula is C19H25Cl3N4O. The van der Waals surface area contributed by atoms with Gasteiger partial charge in [0.05, 0.1) is 10.7 Å². The van der Waals surface area contributed by atoms with Gasteiger partial charge in [-0.25, -0.2) is 4.68 Å². The number of hydrogen-bond donors (Lipinski definition) is 1. The van der Waals surface area contributed by atoms with Crippen molar-refractivity contribution in [1.29, 1.82) is 0 Å². The lowest BCUT2D eigenvalue weighted by Crippen LogP contribution is -2.40. The molecule has 0 saturated carbocycles. The number of hydrogen-bond acceptors (Lipinski definition) is 3. The molecule has 0 radical (unpaired) electrons. The van der Waals surface area contributed by atoms with E-state index in [2.05, 4.69) is 5.10 Å². The summed E-state index contributed by atoms with van der Waals surface area (Å²) in [6.45, 7) is 5.18. The number of rotatable bonds is 5. The molecule has 2 aromatic rings. The quantitative estimate of drug-likeness (QED) is 0.773. The molecular weight excluding hydrogens is 407 g/mol. The Hall–Kier alpha value is -1.27. The minimum Gasteiger partial charge on any atom is -0.340 e. The lowest BCUT2D eigenvalue weighted by atomic mass is 9.93. The van der Waals surface area contributed by atoms with Gasteiger partial charge < -0.3 is 10.6 Å². The number of carbonyl (C=O) groups is 1. The first kappa shape index (κ1) is 22.0. The standard InChI is InChI=1S/C19H24Cl2N4O.ClH/c1-19(2,10-22)11-24(3)18(26)17-13-5-4-6-15(13)25(23-17)16-8-7-12(20)9-14(16)21;/h7-9H,4-6,10-11,22H2,1-3H3;1H. The lowest BCUT2D eigenvalue weighted by Gasteiger charge is -2.28. The van der Waals surface area contributed by atoms with Crippen molar-refractivity contribution in [1.82, 2.24) is 14.7 Å². The van der Waals surface area contributed by atoms with E-state index < -0.39 is 0 Å². The summed E-state index contributed by atoms with van der Waals surface area (Å²) >= 11 is 12.4. The second-order valence-corrected chi connectivity index (χ2v) is 8.51. The molecule has 1 amide bonds. The normalized spacial score (nSPS) is 13.3. The van der Waals surface area contributed by atoms with Gasteiger partial charge in [0.25, 0.3) is 5.91 Å². The second kappa shape index (κ2) is 8.39. The van der Waals surface area contributed by atoms with Crippen LogP contribution in [-0.4, -0.2) is 40.7 Å². The zero-order valence-corrected chi connectivity index (χ0v) is 18.1. The van der Waals surface area contributed by atoms with Gasteiger partial charge >= 0.3 is 0 Å². The van der Waals surface area contributed by atoms with Gasteiger partial charge in [0.15, 0.2) is 5.69 Å². The van der Waals surface area contributed by atoms with Crippen molar-refractivity contribution < 1.29 is 4.79 Å². The van der Waals surface area contributed by atoms with Crippen LogP contribution < -0.4 is 5.73 Å². The number of amides is 1. The molecule has 1 aromatic carbocycles. The summed E-state index contributed by atoms with van der Waals surface area (Å²) in [6, 6.07) is 5.31. The molecule has 0 fully saturated rings. The summed E-state index contributed by atoms with van der Waals surface area (Å²) in [5.41, 5.74) is 9.01. The monoisotopic (exact) mass is 430 g/mol. The Bertz CT molecular complexity index is 848. The van der Waals surface area contributed by atoms with Crippen molar-refractivity contribution in [3.05, 3.63) is 45.2 Å². The van der Waals surface area contributed by atoms with Crippen LogP contribution in [0.4, 0.5) is 0 Å². The average molecular weight is 432 g/mol. The number of fused-ring (bicyclic) bond motifs is 1. The Morgan fingerprint density at radius 2 is 2.04 bits per heavy atom. The largest absolute Gasteiger partial charge is 0.340 e. The predicted octanol–water partition coefficient (Wildman–Crippen LogP) is 4.15. The van der Waals surface area contributed by atoms with Crippen LogP contribution in [0.1, 0.15) is 42.0 Å². The Balaban J connectivity index is 0.00000261. The number of aromatic nitrogens is 2. The Morgan fingerprint density at radius 3 is 2.67 bits per heavy atom. The average Bonchev–Trinajstić information content (AvgIpc) is 3.17. The van der Waals surface area contributed by atoms with Crippen molar-refractivity contribution in [3.63, 3.8) is 0 Å². The molecule has 148 valence electrons. The van der Waals surface area contributed by atoms with Gasteiger partial charge in [-0.1, -0.05) is 37.0 Å². The number of halogens is 3. The van der Waals surface area contributed by atoms with Crippen molar-refractivity contribution >= 4 is 41.5 Å². The van der Waals surface area contributed by atoms with E-state index >= 15 is 0 Å². The van der Waals surface area contributed by atoms with Gasteiger partial charge in [-0.15, -0.1) is 12.4 Å². The molecule has 1 aromatic heterocycles. The van der Waals surface area contributed by atoms with Gasteiger partial charge in [0, 0.05) is 29.9 Å². The molecule has 0 spiro atoms. The summed E-state index contributed by atoms with van der Waals surface area (Å²) in [4.78, 5) is 14.7. The smallest absolute Gasteiger partial charge is 0.274 e. The second-order valence-electron chi connectivity index (χ2n) is 7.66. The van der Waals surface area contributed by atoms with Crippen LogP contribution >= 0.6 is 35.6 Å². The molecule has 0 saturated heterocycles. The van der Waals surface area contributed by atoms with Crippen molar-refractivity contribution in [2.75, 3.05) is 20.1 Å². The van der Waals surface area contributed by atoms with Gasteiger partial charge in [-0.3, -0.25) is 4.79 Å². The Labute approximate surface area is 176 Å². The predicted molar refractivity (Wildman–Crippen MR) is 113 cm³/mol.